The number of carbonyl (C=O) groups excluding carboxylic acids is 1. The van der Waals surface area contributed by atoms with Crippen molar-refractivity contribution in [3.05, 3.63) is 41.7 Å². The highest BCUT2D eigenvalue weighted by molar-refractivity contribution is 5.89. The van der Waals surface area contributed by atoms with Gasteiger partial charge < -0.3 is 14.0 Å². The van der Waals surface area contributed by atoms with E-state index in [1.165, 1.54) is 6.42 Å². The van der Waals surface area contributed by atoms with Crippen LogP contribution < -0.4 is 0 Å². The average molecular weight is 340 g/mol. The van der Waals surface area contributed by atoms with Crippen LogP contribution in [0, 0.1) is 0 Å². The lowest BCUT2D eigenvalue weighted by Gasteiger charge is -2.10. The number of hydrogen-bond acceptors (Lipinski definition) is 4. The number of carbonyl (C=O) groups is 1. The van der Waals surface area contributed by atoms with Gasteiger partial charge in [-0.1, -0.05) is 36.8 Å². The maximum absolute atomic E-state index is 12.7. The molecule has 0 unspecified atom stereocenters. The second kappa shape index (κ2) is 7.40. The number of fused-ring (bicyclic) bond motifs is 1. The molecule has 3 heterocycles. The minimum atomic E-state index is -0.316. The molecule has 0 N–H and O–H groups in total. The fraction of sp³-hybridized carbons (Fsp3) is 0.500. The third-order valence-corrected chi connectivity index (χ3v) is 5.02. The number of imidazole rings is 1. The summed E-state index contributed by atoms with van der Waals surface area (Å²) in [5, 5.41) is 0. The molecule has 25 heavy (non-hydrogen) atoms. The molecule has 2 aliphatic heterocycles. The van der Waals surface area contributed by atoms with Crippen LogP contribution >= 0.6 is 0 Å². The van der Waals surface area contributed by atoms with Gasteiger partial charge in [0.25, 0.3) is 0 Å². The lowest BCUT2D eigenvalue weighted by atomic mass is 10.1. The lowest BCUT2D eigenvalue weighted by Crippen LogP contribution is -2.19. The van der Waals surface area contributed by atoms with Gasteiger partial charge in [0.05, 0.1) is 11.8 Å². The largest absolute Gasteiger partial charge is 0.458 e. The van der Waals surface area contributed by atoms with Crippen molar-refractivity contribution in [3.63, 3.8) is 0 Å². The Morgan fingerprint density at radius 1 is 1.20 bits per heavy atom. The van der Waals surface area contributed by atoms with E-state index < -0.39 is 0 Å². The highest BCUT2D eigenvalue weighted by atomic mass is 16.6. The zero-order valence-electron chi connectivity index (χ0n) is 14.4. The molecular formula is C20H24N2O3. The predicted octanol–water partition coefficient (Wildman–Crippen LogP) is 3.61. The van der Waals surface area contributed by atoms with Crippen LogP contribution in [0.15, 0.2) is 30.3 Å². The molecule has 1 aromatic carbocycles. The van der Waals surface area contributed by atoms with Gasteiger partial charge in [0.2, 0.25) is 0 Å². The fourth-order valence-electron chi connectivity index (χ4n) is 3.70. The molecule has 0 spiro atoms. The van der Waals surface area contributed by atoms with E-state index in [4.69, 9.17) is 14.5 Å². The van der Waals surface area contributed by atoms with E-state index in [1.807, 2.05) is 30.3 Å². The van der Waals surface area contributed by atoms with Gasteiger partial charge >= 0.3 is 5.97 Å². The van der Waals surface area contributed by atoms with Crippen molar-refractivity contribution in [3.8, 4) is 11.4 Å². The molecule has 5 heteroatoms. The number of nitrogens with zero attached hydrogens (tertiary/aromatic N) is 2. The minimum Gasteiger partial charge on any atom is -0.458 e. The molecule has 0 bridgehead atoms. The Kier molecular flexibility index (Phi) is 4.83. The Morgan fingerprint density at radius 2 is 2.08 bits per heavy atom. The number of rotatable bonds is 4. The van der Waals surface area contributed by atoms with Crippen molar-refractivity contribution in [2.45, 2.75) is 51.2 Å². The fourth-order valence-corrected chi connectivity index (χ4v) is 3.70. The average Bonchev–Trinajstić information content (AvgIpc) is 3.23. The van der Waals surface area contributed by atoms with Crippen LogP contribution in [0.25, 0.3) is 11.4 Å². The van der Waals surface area contributed by atoms with Crippen LogP contribution in [0.3, 0.4) is 0 Å². The molecule has 0 aliphatic carbocycles. The molecule has 4 rings (SSSR count). The van der Waals surface area contributed by atoms with E-state index >= 15 is 0 Å². The van der Waals surface area contributed by atoms with E-state index in [0.717, 1.165) is 62.3 Å². The molecular weight excluding hydrogens is 316 g/mol. The lowest BCUT2D eigenvalue weighted by molar-refractivity contribution is 0.0156. The van der Waals surface area contributed by atoms with Crippen LogP contribution in [0.1, 0.15) is 48.3 Å². The molecule has 132 valence electrons. The summed E-state index contributed by atoms with van der Waals surface area (Å²) in [5.74, 6) is 0.560. The highest BCUT2D eigenvalue weighted by Gasteiger charge is 2.26. The summed E-state index contributed by atoms with van der Waals surface area (Å²) in [6.07, 6.45) is 6.31. The summed E-state index contributed by atoms with van der Waals surface area (Å²) in [6, 6.07) is 10.1. The molecule has 1 aromatic heterocycles. The molecule has 0 radical (unpaired) electrons. The standard InChI is InChI=1S/C20H24N2O3/c23-20(25-14-16-10-7-13-24-16)18-17-11-5-2-6-12-22(17)19(21-18)15-8-3-1-4-9-15/h1,3-4,8-9,16H,2,5-7,10-14H2/t16-/m1/s1. The third-order valence-electron chi connectivity index (χ3n) is 5.02. The Morgan fingerprint density at radius 3 is 2.88 bits per heavy atom. The molecule has 0 saturated carbocycles. The first-order valence-electron chi connectivity index (χ1n) is 9.26. The van der Waals surface area contributed by atoms with Crippen molar-refractivity contribution >= 4 is 5.97 Å². The summed E-state index contributed by atoms with van der Waals surface area (Å²) in [7, 11) is 0. The molecule has 5 nitrogen and oxygen atoms in total. The van der Waals surface area contributed by atoms with Crippen molar-refractivity contribution in [1.82, 2.24) is 9.55 Å². The van der Waals surface area contributed by atoms with Crippen LogP contribution in [-0.4, -0.2) is 34.8 Å². The normalized spacial score (nSPS) is 20.1. The number of ether oxygens (including phenoxy) is 2. The monoisotopic (exact) mass is 340 g/mol. The molecule has 2 aliphatic rings. The van der Waals surface area contributed by atoms with Crippen molar-refractivity contribution < 1.29 is 14.3 Å². The first-order chi connectivity index (χ1) is 12.3. The van der Waals surface area contributed by atoms with Crippen molar-refractivity contribution in [2.24, 2.45) is 0 Å². The molecule has 2 aromatic rings. The van der Waals surface area contributed by atoms with Crippen molar-refractivity contribution in [1.29, 1.82) is 0 Å². The summed E-state index contributed by atoms with van der Waals surface area (Å²) >= 11 is 0. The topological polar surface area (TPSA) is 53.4 Å². The molecule has 1 atom stereocenters. The van der Waals surface area contributed by atoms with Gasteiger partial charge in [-0.25, -0.2) is 9.78 Å². The molecule has 1 fully saturated rings. The number of hydrogen-bond donors (Lipinski definition) is 0. The first-order valence-corrected chi connectivity index (χ1v) is 9.26. The minimum absolute atomic E-state index is 0.0405. The van der Waals surface area contributed by atoms with E-state index in [0.29, 0.717) is 12.3 Å². The smallest absolute Gasteiger partial charge is 0.358 e. The van der Waals surface area contributed by atoms with E-state index in [9.17, 15) is 4.79 Å². The molecule has 0 amide bonds. The van der Waals surface area contributed by atoms with Crippen LogP contribution in [0.4, 0.5) is 0 Å². The van der Waals surface area contributed by atoms with Gasteiger partial charge in [-0.3, -0.25) is 0 Å². The number of benzene rings is 1. The maximum Gasteiger partial charge on any atom is 0.358 e. The van der Waals surface area contributed by atoms with Crippen LogP contribution in [-0.2, 0) is 22.4 Å². The van der Waals surface area contributed by atoms with Gasteiger partial charge in [0.1, 0.15) is 12.4 Å². The third kappa shape index (κ3) is 3.47. The van der Waals surface area contributed by atoms with Crippen molar-refractivity contribution in [2.75, 3.05) is 13.2 Å². The van der Waals surface area contributed by atoms with Gasteiger partial charge in [-0.2, -0.15) is 0 Å². The maximum atomic E-state index is 12.7. The Bertz CT molecular complexity index is 733. The van der Waals surface area contributed by atoms with Gasteiger partial charge in [-0.05, 0) is 32.1 Å². The summed E-state index contributed by atoms with van der Waals surface area (Å²) < 4.78 is 13.3. The Hall–Kier alpha value is -2.14. The van der Waals surface area contributed by atoms with Gasteiger partial charge in [0.15, 0.2) is 5.69 Å². The Labute approximate surface area is 148 Å². The second-order valence-corrected chi connectivity index (χ2v) is 6.79. The Balaban J connectivity index is 1.62. The number of esters is 1. The van der Waals surface area contributed by atoms with E-state index in [1.54, 1.807) is 0 Å². The van der Waals surface area contributed by atoms with E-state index in [-0.39, 0.29) is 12.1 Å². The summed E-state index contributed by atoms with van der Waals surface area (Å²) in [4.78, 5) is 17.4. The zero-order valence-corrected chi connectivity index (χ0v) is 14.4. The molecule has 1 saturated heterocycles. The van der Waals surface area contributed by atoms with Crippen LogP contribution in [0.2, 0.25) is 0 Å². The second-order valence-electron chi connectivity index (χ2n) is 6.79. The highest BCUT2D eigenvalue weighted by Crippen LogP contribution is 2.27. The summed E-state index contributed by atoms with van der Waals surface area (Å²) in [5.41, 5.74) is 2.55. The zero-order chi connectivity index (χ0) is 17.1. The van der Waals surface area contributed by atoms with E-state index in [2.05, 4.69) is 4.57 Å². The van der Waals surface area contributed by atoms with Gasteiger partial charge in [0, 0.05) is 18.7 Å². The summed E-state index contributed by atoms with van der Waals surface area (Å²) in [6.45, 7) is 2.00. The van der Waals surface area contributed by atoms with Crippen LogP contribution in [0.5, 0.6) is 0 Å². The predicted molar refractivity (Wildman–Crippen MR) is 94.5 cm³/mol. The van der Waals surface area contributed by atoms with Gasteiger partial charge in [-0.15, -0.1) is 0 Å². The SMILES string of the molecule is O=C(OC[C@H]1CCCO1)c1nc(-c2ccccc2)n2c1CCCCC2. The number of aromatic nitrogens is 2. The first kappa shape index (κ1) is 16.3. The quantitative estimate of drug-likeness (QED) is 0.798.